The molecule has 1 atom stereocenters. The fourth-order valence-corrected chi connectivity index (χ4v) is 1.50. The molecule has 100 valence electrons. The summed E-state index contributed by atoms with van der Waals surface area (Å²) in [6, 6.07) is -0.576. The third-order valence-electron chi connectivity index (χ3n) is 2.26. The van der Waals surface area contributed by atoms with E-state index >= 15 is 0 Å². The normalized spacial score (nSPS) is 12.4. The second-order valence-electron chi connectivity index (χ2n) is 4.55. The van der Waals surface area contributed by atoms with Crippen LogP contribution in [-0.4, -0.2) is 32.8 Å². The van der Waals surface area contributed by atoms with Crippen LogP contribution in [0.5, 0.6) is 0 Å². The van der Waals surface area contributed by atoms with E-state index < -0.39 is 12.0 Å². The van der Waals surface area contributed by atoms with Gasteiger partial charge in [0.1, 0.15) is 6.54 Å². The quantitative estimate of drug-likeness (QED) is 0.675. The second kappa shape index (κ2) is 6.15. The summed E-state index contributed by atoms with van der Waals surface area (Å²) >= 11 is 0. The molecule has 0 aromatic carbocycles. The highest BCUT2D eigenvalue weighted by Crippen LogP contribution is 2.08. The van der Waals surface area contributed by atoms with Crippen LogP contribution in [0.15, 0.2) is 12.4 Å². The minimum atomic E-state index is -0.993. The van der Waals surface area contributed by atoms with Crippen LogP contribution in [0.4, 0.5) is 5.69 Å². The molecule has 1 aromatic rings. The van der Waals surface area contributed by atoms with E-state index in [1.807, 2.05) is 13.8 Å². The Hall–Kier alpha value is -1.89. The molecule has 7 heteroatoms. The Labute approximate surface area is 105 Å². The molecule has 1 rings (SSSR count). The van der Waals surface area contributed by atoms with Gasteiger partial charge in [-0.25, -0.2) is 0 Å². The van der Waals surface area contributed by atoms with E-state index in [1.54, 1.807) is 0 Å². The summed E-state index contributed by atoms with van der Waals surface area (Å²) < 4.78 is 1.23. The Morgan fingerprint density at radius 2 is 2.22 bits per heavy atom. The van der Waals surface area contributed by atoms with Gasteiger partial charge in [0.05, 0.1) is 17.9 Å². The molecule has 0 aliphatic rings. The molecule has 7 nitrogen and oxygen atoms in total. The lowest BCUT2D eigenvalue weighted by Crippen LogP contribution is -2.36. The van der Waals surface area contributed by atoms with Crippen LogP contribution in [0, 0.1) is 5.92 Å². The molecular formula is C11H18N4O3. The Bertz CT molecular complexity index is 428. The number of carbonyl (C=O) groups is 2. The zero-order valence-electron chi connectivity index (χ0n) is 10.5. The maximum Gasteiger partial charge on any atom is 0.325 e. The number of nitrogens with one attached hydrogen (secondary N) is 1. The van der Waals surface area contributed by atoms with Crippen LogP contribution >= 0.6 is 0 Å². The summed E-state index contributed by atoms with van der Waals surface area (Å²) in [5.41, 5.74) is 6.17. The molecule has 0 radical (unpaired) electrons. The van der Waals surface area contributed by atoms with Crippen LogP contribution in [-0.2, 0) is 16.1 Å². The van der Waals surface area contributed by atoms with Crippen molar-refractivity contribution in [3.63, 3.8) is 0 Å². The number of nitrogens with zero attached hydrogens (tertiary/aromatic N) is 2. The monoisotopic (exact) mass is 254 g/mol. The number of hydrogen-bond donors (Lipinski definition) is 3. The molecule has 0 unspecified atom stereocenters. The molecular weight excluding hydrogens is 236 g/mol. The Morgan fingerprint density at radius 1 is 1.56 bits per heavy atom. The van der Waals surface area contributed by atoms with Crippen molar-refractivity contribution in [2.45, 2.75) is 32.9 Å². The summed E-state index contributed by atoms with van der Waals surface area (Å²) in [5, 5.41) is 15.0. The highest BCUT2D eigenvalue weighted by Gasteiger charge is 2.15. The first kappa shape index (κ1) is 14.2. The topological polar surface area (TPSA) is 110 Å². The number of aliphatic carboxylic acids is 1. The van der Waals surface area contributed by atoms with E-state index in [9.17, 15) is 9.59 Å². The van der Waals surface area contributed by atoms with E-state index in [1.165, 1.54) is 17.1 Å². The lowest BCUT2D eigenvalue weighted by molar-refractivity contribution is -0.137. The van der Waals surface area contributed by atoms with Crippen molar-refractivity contribution in [1.29, 1.82) is 0 Å². The number of hydrogen-bond acceptors (Lipinski definition) is 4. The van der Waals surface area contributed by atoms with E-state index in [4.69, 9.17) is 10.8 Å². The highest BCUT2D eigenvalue weighted by molar-refractivity contribution is 5.94. The van der Waals surface area contributed by atoms with Gasteiger partial charge in [-0.3, -0.25) is 14.3 Å². The fourth-order valence-electron chi connectivity index (χ4n) is 1.50. The van der Waals surface area contributed by atoms with Gasteiger partial charge in [-0.15, -0.1) is 0 Å². The van der Waals surface area contributed by atoms with Crippen LogP contribution in [0.25, 0.3) is 0 Å². The van der Waals surface area contributed by atoms with Gasteiger partial charge in [0, 0.05) is 6.20 Å². The van der Waals surface area contributed by atoms with E-state index in [-0.39, 0.29) is 12.5 Å². The molecule has 0 aliphatic carbocycles. The zero-order chi connectivity index (χ0) is 13.7. The van der Waals surface area contributed by atoms with Crippen molar-refractivity contribution in [3.8, 4) is 0 Å². The number of nitrogens with two attached hydrogens (primary N) is 1. The molecule has 0 spiro atoms. The van der Waals surface area contributed by atoms with Crippen LogP contribution in [0.3, 0.4) is 0 Å². The summed E-state index contributed by atoms with van der Waals surface area (Å²) in [4.78, 5) is 22.2. The van der Waals surface area contributed by atoms with Crippen molar-refractivity contribution in [2.24, 2.45) is 11.7 Å². The minimum absolute atomic E-state index is 0.242. The number of carbonyl (C=O) groups excluding carboxylic acids is 1. The van der Waals surface area contributed by atoms with Crippen LogP contribution in [0.2, 0.25) is 0 Å². The average molecular weight is 254 g/mol. The number of carboxylic acid groups (broad SMARTS) is 1. The maximum atomic E-state index is 11.7. The van der Waals surface area contributed by atoms with Gasteiger partial charge in [-0.1, -0.05) is 13.8 Å². The summed E-state index contributed by atoms with van der Waals surface area (Å²) in [6.07, 6.45) is 3.44. The largest absolute Gasteiger partial charge is 0.480 e. The first-order valence-corrected chi connectivity index (χ1v) is 5.69. The van der Waals surface area contributed by atoms with Crippen molar-refractivity contribution >= 4 is 17.6 Å². The van der Waals surface area contributed by atoms with Crippen molar-refractivity contribution in [2.75, 3.05) is 5.32 Å². The zero-order valence-corrected chi connectivity index (χ0v) is 10.5. The number of anilines is 1. The predicted molar refractivity (Wildman–Crippen MR) is 65.9 cm³/mol. The molecule has 0 fully saturated rings. The molecule has 0 bridgehead atoms. The highest BCUT2D eigenvalue weighted by atomic mass is 16.4. The van der Waals surface area contributed by atoms with Crippen molar-refractivity contribution in [1.82, 2.24) is 9.78 Å². The smallest absolute Gasteiger partial charge is 0.325 e. The van der Waals surface area contributed by atoms with E-state index in [0.29, 0.717) is 18.0 Å². The third-order valence-corrected chi connectivity index (χ3v) is 2.26. The lowest BCUT2D eigenvalue weighted by Gasteiger charge is -2.12. The molecule has 0 saturated carbocycles. The molecule has 18 heavy (non-hydrogen) atoms. The molecule has 4 N–H and O–H groups in total. The Morgan fingerprint density at radius 3 is 2.78 bits per heavy atom. The standard InChI is InChI=1S/C11H18N4O3/c1-7(2)3-9(12)11(18)14-8-4-13-15(5-8)6-10(16)17/h4-5,7,9H,3,6,12H2,1-2H3,(H,14,18)(H,16,17)/t9-/m1/s1. The summed E-state index contributed by atoms with van der Waals surface area (Å²) in [5.74, 6) is -0.952. The summed E-state index contributed by atoms with van der Waals surface area (Å²) in [6.45, 7) is 3.73. The first-order chi connectivity index (χ1) is 8.38. The second-order valence-corrected chi connectivity index (χ2v) is 4.55. The fraction of sp³-hybridized carbons (Fsp3) is 0.545. The minimum Gasteiger partial charge on any atom is -0.480 e. The molecule has 1 aromatic heterocycles. The average Bonchev–Trinajstić information content (AvgIpc) is 2.63. The van der Waals surface area contributed by atoms with Gasteiger partial charge >= 0.3 is 5.97 Å². The van der Waals surface area contributed by atoms with Crippen molar-refractivity contribution in [3.05, 3.63) is 12.4 Å². The molecule has 0 saturated heterocycles. The number of aromatic nitrogens is 2. The number of carboxylic acids is 1. The Balaban J connectivity index is 2.54. The maximum absolute atomic E-state index is 11.7. The van der Waals surface area contributed by atoms with Crippen LogP contribution in [0.1, 0.15) is 20.3 Å². The molecule has 1 amide bonds. The van der Waals surface area contributed by atoms with Crippen LogP contribution < -0.4 is 11.1 Å². The lowest BCUT2D eigenvalue weighted by atomic mass is 10.0. The first-order valence-electron chi connectivity index (χ1n) is 5.69. The van der Waals surface area contributed by atoms with Gasteiger partial charge in [-0.2, -0.15) is 5.10 Å². The van der Waals surface area contributed by atoms with E-state index in [0.717, 1.165) is 0 Å². The summed E-state index contributed by atoms with van der Waals surface area (Å²) in [7, 11) is 0. The van der Waals surface area contributed by atoms with Gasteiger partial charge in [0.25, 0.3) is 0 Å². The molecule has 1 heterocycles. The predicted octanol–water partition coefficient (Wildman–Crippen LogP) is 0.280. The van der Waals surface area contributed by atoms with Gasteiger partial charge in [0.15, 0.2) is 0 Å². The van der Waals surface area contributed by atoms with Gasteiger partial charge < -0.3 is 16.2 Å². The SMILES string of the molecule is CC(C)C[C@@H](N)C(=O)Nc1cnn(CC(=O)O)c1. The van der Waals surface area contributed by atoms with Gasteiger partial charge in [-0.05, 0) is 12.3 Å². The molecule has 0 aliphatic heterocycles. The van der Waals surface area contributed by atoms with Gasteiger partial charge in [0.2, 0.25) is 5.91 Å². The van der Waals surface area contributed by atoms with E-state index in [2.05, 4.69) is 10.4 Å². The Kier molecular flexibility index (Phi) is 4.85. The number of rotatable bonds is 6. The number of amides is 1. The third kappa shape index (κ3) is 4.54. The van der Waals surface area contributed by atoms with Crippen molar-refractivity contribution < 1.29 is 14.7 Å².